The van der Waals surface area contributed by atoms with Crippen LogP contribution in [0.3, 0.4) is 0 Å². The molecule has 4 N–H and O–H groups in total. The molecule has 48 heavy (non-hydrogen) atoms. The highest BCUT2D eigenvalue weighted by Gasteiger charge is 2.16. The van der Waals surface area contributed by atoms with Gasteiger partial charge in [-0.15, -0.1) is 0 Å². The summed E-state index contributed by atoms with van der Waals surface area (Å²) in [6.45, 7) is 11.7. The topological polar surface area (TPSA) is 155 Å². The van der Waals surface area contributed by atoms with Crippen LogP contribution >= 0.6 is 34.2 Å². The summed E-state index contributed by atoms with van der Waals surface area (Å²) in [4.78, 5) is 23.9. The monoisotopic (exact) mass is 766 g/mol. The quantitative estimate of drug-likeness (QED) is 0.122. The molecule has 240 valence electrons. The normalized spacial score (nSPS) is 10.5. The van der Waals surface area contributed by atoms with Crippen LogP contribution in [0.5, 0.6) is 0 Å². The fraction of sp³-hybridized carbons (Fsp3) is 0.167. The zero-order chi connectivity index (χ0) is 34.5. The third-order valence-corrected chi connectivity index (χ3v) is 9.35. The summed E-state index contributed by atoms with van der Waals surface area (Å²) in [5, 5.41) is 25.5. The number of aryl methyl sites for hydroxylation is 4. The maximum Gasteiger partial charge on any atom is 0.227 e. The third-order valence-electron chi connectivity index (χ3n) is 7.76. The van der Waals surface area contributed by atoms with Gasteiger partial charge in [-0.2, -0.15) is 10.5 Å². The molecule has 0 aliphatic carbocycles. The fourth-order valence-corrected chi connectivity index (χ4v) is 5.89. The number of hydrogen-bond acceptors (Lipinski definition) is 8. The van der Waals surface area contributed by atoms with Gasteiger partial charge in [0.25, 0.3) is 0 Å². The predicted molar refractivity (Wildman–Crippen MR) is 199 cm³/mol. The highest BCUT2D eigenvalue weighted by Crippen LogP contribution is 2.30. The second-order valence-electron chi connectivity index (χ2n) is 11.2. The molecule has 0 spiro atoms. The first-order valence-corrected chi connectivity index (χ1v) is 16.4. The van der Waals surface area contributed by atoms with Crippen molar-refractivity contribution in [3.05, 3.63) is 115 Å². The van der Waals surface area contributed by atoms with E-state index in [4.69, 9.17) is 16.9 Å². The molecule has 0 aliphatic rings. The number of nitrogens with zero attached hydrogens (tertiary/aromatic N) is 6. The molecule has 0 radical (unpaired) electrons. The molecule has 6 rings (SSSR count). The zero-order valence-corrected chi connectivity index (χ0v) is 30.1. The molecule has 0 amide bonds. The lowest BCUT2D eigenvalue weighted by molar-refractivity contribution is 1.16. The molecule has 0 saturated carbocycles. The number of aromatic nitrogens is 6. The Kier molecular flexibility index (Phi) is 10.4. The number of nitrogens with one attached hydrogen (secondary N) is 4. The minimum absolute atomic E-state index is 0.493. The van der Waals surface area contributed by atoms with E-state index in [1.54, 1.807) is 12.4 Å². The molecule has 12 heteroatoms. The highest BCUT2D eigenvalue weighted by molar-refractivity contribution is 14.1. The average molecular weight is 767 g/mol. The SMILES string of the molecule is Cc1cc(Nc2nccc(-c3c(C)[nH]c(C#N)c3C)n2)ccc1Cl.Cc1ccc(Nc2nccc(-c3c(C)[nH]c(C#N)c3C)n2)cc1I. The van der Waals surface area contributed by atoms with E-state index < -0.39 is 0 Å². The van der Waals surface area contributed by atoms with Crippen LogP contribution in [0, 0.1) is 67.8 Å². The molecule has 0 fully saturated rings. The first-order valence-electron chi connectivity index (χ1n) is 14.9. The van der Waals surface area contributed by atoms with Crippen molar-refractivity contribution in [2.24, 2.45) is 0 Å². The number of H-pyrrole nitrogens is 2. The van der Waals surface area contributed by atoms with Gasteiger partial charge < -0.3 is 20.6 Å². The van der Waals surface area contributed by atoms with E-state index >= 15 is 0 Å². The molecule has 6 aromatic rings. The Hall–Kier alpha value is -5.24. The Morgan fingerprint density at radius 3 is 1.58 bits per heavy atom. The van der Waals surface area contributed by atoms with Gasteiger partial charge in [0.15, 0.2) is 0 Å². The van der Waals surface area contributed by atoms with Crippen LogP contribution in [0.2, 0.25) is 5.02 Å². The van der Waals surface area contributed by atoms with Crippen LogP contribution in [0.15, 0.2) is 60.9 Å². The second-order valence-corrected chi connectivity index (χ2v) is 12.8. The molecular weight excluding hydrogens is 735 g/mol. The highest BCUT2D eigenvalue weighted by atomic mass is 127. The minimum Gasteiger partial charge on any atom is -0.350 e. The first kappa shape index (κ1) is 34.1. The third kappa shape index (κ3) is 7.49. The number of rotatable bonds is 6. The van der Waals surface area contributed by atoms with E-state index in [1.165, 1.54) is 9.13 Å². The fourth-order valence-electron chi connectivity index (χ4n) is 5.26. The molecule has 10 nitrogen and oxygen atoms in total. The van der Waals surface area contributed by atoms with Gasteiger partial charge in [-0.3, -0.25) is 0 Å². The van der Waals surface area contributed by atoms with E-state index in [0.29, 0.717) is 23.3 Å². The Labute approximate surface area is 297 Å². The van der Waals surface area contributed by atoms with Crippen LogP contribution in [0.1, 0.15) is 45.0 Å². The van der Waals surface area contributed by atoms with Crippen molar-refractivity contribution in [1.82, 2.24) is 29.9 Å². The number of hydrogen-bond donors (Lipinski definition) is 4. The van der Waals surface area contributed by atoms with Gasteiger partial charge in [0.05, 0.1) is 11.4 Å². The first-order chi connectivity index (χ1) is 23.0. The summed E-state index contributed by atoms with van der Waals surface area (Å²) in [6, 6.07) is 19.8. The summed E-state index contributed by atoms with van der Waals surface area (Å²) >= 11 is 8.36. The second kappa shape index (κ2) is 14.7. The van der Waals surface area contributed by atoms with Crippen molar-refractivity contribution >= 4 is 57.5 Å². The largest absolute Gasteiger partial charge is 0.350 e. The summed E-state index contributed by atoms with van der Waals surface area (Å²) in [5.41, 5.74) is 12.3. The molecule has 0 aliphatic heterocycles. The Balaban J connectivity index is 0.000000188. The molecule has 0 atom stereocenters. The van der Waals surface area contributed by atoms with E-state index in [9.17, 15) is 5.26 Å². The number of anilines is 4. The van der Waals surface area contributed by atoms with Gasteiger partial charge in [0.1, 0.15) is 23.5 Å². The van der Waals surface area contributed by atoms with E-state index in [1.807, 2.05) is 71.0 Å². The van der Waals surface area contributed by atoms with E-state index in [-0.39, 0.29) is 0 Å². The Morgan fingerprint density at radius 1 is 0.667 bits per heavy atom. The summed E-state index contributed by atoms with van der Waals surface area (Å²) in [5.74, 6) is 1.03. The smallest absolute Gasteiger partial charge is 0.227 e. The Morgan fingerprint density at radius 2 is 1.15 bits per heavy atom. The lowest BCUT2D eigenvalue weighted by Gasteiger charge is -2.08. The van der Waals surface area contributed by atoms with E-state index in [0.717, 1.165) is 67.0 Å². The number of benzene rings is 2. The van der Waals surface area contributed by atoms with Gasteiger partial charge in [-0.1, -0.05) is 17.7 Å². The van der Waals surface area contributed by atoms with Crippen LogP contribution in [-0.4, -0.2) is 29.9 Å². The zero-order valence-electron chi connectivity index (χ0n) is 27.2. The van der Waals surface area contributed by atoms with Gasteiger partial charge >= 0.3 is 0 Å². The van der Waals surface area contributed by atoms with Crippen LogP contribution in [0.4, 0.5) is 23.3 Å². The van der Waals surface area contributed by atoms with Crippen molar-refractivity contribution in [3.8, 4) is 34.7 Å². The van der Waals surface area contributed by atoms with Crippen LogP contribution < -0.4 is 10.6 Å². The van der Waals surface area contributed by atoms with Crippen molar-refractivity contribution in [2.75, 3.05) is 10.6 Å². The van der Waals surface area contributed by atoms with Gasteiger partial charge in [0, 0.05) is 54.9 Å². The molecular formula is C36H32ClIN10. The Bertz CT molecular complexity index is 2060. The number of nitriles is 2. The number of aromatic amines is 2. The summed E-state index contributed by atoms with van der Waals surface area (Å²) in [6.07, 6.45) is 3.42. The molecule has 0 bridgehead atoms. The summed E-state index contributed by atoms with van der Waals surface area (Å²) < 4.78 is 1.18. The predicted octanol–water partition coefficient (Wildman–Crippen LogP) is 9.28. The van der Waals surface area contributed by atoms with Crippen LogP contribution in [0.25, 0.3) is 22.5 Å². The molecule has 2 aromatic carbocycles. The van der Waals surface area contributed by atoms with Crippen LogP contribution in [-0.2, 0) is 0 Å². The minimum atomic E-state index is 0.493. The lowest BCUT2D eigenvalue weighted by Crippen LogP contribution is -1.99. The van der Waals surface area contributed by atoms with Crippen molar-refractivity contribution in [1.29, 1.82) is 10.5 Å². The maximum absolute atomic E-state index is 9.17. The lowest BCUT2D eigenvalue weighted by atomic mass is 10.1. The average Bonchev–Trinajstić information content (AvgIpc) is 3.53. The standard InChI is InChI=1S/C18H16ClN5.C18H16IN5/c1-10-8-13(4-5-14(10)19)23-18-21-7-6-15(24-18)17-11(2)16(9-20)22-12(17)3;1-10-4-5-13(8-14(10)19)23-18-21-7-6-15(24-18)17-11(2)16(9-20)22-12(17)3/h2*4-8,22H,1-3H3,(H,21,23,24). The summed E-state index contributed by atoms with van der Waals surface area (Å²) in [7, 11) is 0. The maximum atomic E-state index is 9.17. The van der Waals surface area contributed by atoms with Gasteiger partial charge in [0.2, 0.25) is 11.9 Å². The van der Waals surface area contributed by atoms with Crippen molar-refractivity contribution in [2.45, 2.75) is 41.5 Å². The molecule has 4 heterocycles. The number of halogens is 2. The van der Waals surface area contributed by atoms with Gasteiger partial charge in [-0.25, -0.2) is 19.9 Å². The van der Waals surface area contributed by atoms with E-state index in [2.05, 4.69) is 94.3 Å². The molecule has 4 aromatic heterocycles. The molecule has 0 unspecified atom stereocenters. The van der Waals surface area contributed by atoms with Crippen molar-refractivity contribution < 1.29 is 0 Å². The van der Waals surface area contributed by atoms with Crippen molar-refractivity contribution in [3.63, 3.8) is 0 Å². The van der Waals surface area contributed by atoms with Gasteiger partial charge in [-0.05, 0) is 129 Å². The molecule has 0 saturated heterocycles.